The van der Waals surface area contributed by atoms with E-state index in [4.69, 9.17) is 14.2 Å². The highest BCUT2D eigenvalue weighted by Crippen LogP contribution is 2.17. The molecule has 2 fully saturated rings. The van der Waals surface area contributed by atoms with Gasteiger partial charge in [-0.1, -0.05) is 0 Å². The van der Waals surface area contributed by atoms with Gasteiger partial charge in [0.1, 0.15) is 24.4 Å². The van der Waals surface area contributed by atoms with Crippen LogP contribution in [0.25, 0.3) is 0 Å². The maximum Gasteiger partial charge on any atom is 0.110 e. The van der Waals surface area contributed by atoms with Gasteiger partial charge in [-0.15, -0.1) is 0 Å². The zero-order valence-corrected chi connectivity index (χ0v) is 7.26. The lowest BCUT2D eigenvalue weighted by atomic mass is 10.2. The fraction of sp³-hybridized carbons (Fsp3) is 1.00. The molecular formula is C8H14O5. The normalized spacial score (nSPS) is 45.7. The van der Waals surface area contributed by atoms with Crippen molar-refractivity contribution in [2.75, 3.05) is 26.4 Å². The van der Waals surface area contributed by atoms with Crippen LogP contribution in [0.3, 0.4) is 0 Å². The van der Waals surface area contributed by atoms with E-state index in [0.717, 1.165) is 0 Å². The molecular weight excluding hydrogens is 176 g/mol. The second-order valence-electron chi connectivity index (χ2n) is 3.42. The van der Waals surface area contributed by atoms with Gasteiger partial charge in [-0.05, 0) is 0 Å². The first-order chi connectivity index (χ1) is 6.27. The van der Waals surface area contributed by atoms with Crippen LogP contribution in [0.5, 0.6) is 0 Å². The van der Waals surface area contributed by atoms with Crippen LogP contribution in [0.2, 0.25) is 0 Å². The molecule has 0 radical (unpaired) electrons. The molecule has 2 N–H and O–H groups in total. The van der Waals surface area contributed by atoms with Crippen LogP contribution in [0, 0.1) is 0 Å². The van der Waals surface area contributed by atoms with Crippen molar-refractivity contribution in [3.8, 4) is 0 Å². The van der Waals surface area contributed by atoms with Gasteiger partial charge in [0.05, 0.1) is 26.4 Å². The Morgan fingerprint density at radius 3 is 1.62 bits per heavy atom. The Morgan fingerprint density at radius 1 is 0.846 bits per heavy atom. The summed E-state index contributed by atoms with van der Waals surface area (Å²) in [4.78, 5) is 0. The Hall–Kier alpha value is -0.200. The predicted molar refractivity (Wildman–Crippen MR) is 42.3 cm³/mol. The summed E-state index contributed by atoms with van der Waals surface area (Å²) in [5.74, 6) is 0. The summed E-state index contributed by atoms with van der Waals surface area (Å²) in [6.07, 6.45) is -1.79. The predicted octanol–water partition coefficient (Wildman–Crippen LogP) is -1.48. The largest absolute Gasteiger partial charge is 0.388 e. The minimum Gasteiger partial charge on any atom is -0.388 e. The van der Waals surface area contributed by atoms with E-state index in [1.807, 2.05) is 0 Å². The van der Waals surface area contributed by atoms with Crippen molar-refractivity contribution in [1.29, 1.82) is 0 Å². The first-order valence-electron chi connectivity index (χ1n) is 4.44. The topological polar surface area (TPSA) is 68.2 Å². The lowest BCUT2D eigenvalue weighted by molar-refractivity contribution is -0.0849. The summed E-state index contributed by atoms with van der Waals surface area (Å²) < 4.78 is 15.5. The molecule has 76 valence electrons. The minimum atomic E-state index is -0.576. The molecule has 0 aliphatic carbocycles. The highest BCUT2D eigenvalue weighted by molar-refractivity contribution is 4.81. The molecule has 4 atom stereocenters. The fourth-order valence-electron chi connectivity index (χ4n) is 1.53. The number of hydrogen-bond acceptors (Lipinski definition) is 5. The molecule has 2 aliphatic rings. The summed E-state index contributed by atoms with van der Waals surface area (Å²) in [5.41, 5.74) is 0. The molecule has 13 heavy (non-hydrogen) atoms. The molecule has 5 heteroatoms. The van der Waals surface area contributed by atoms with Gasteiger partial charge < -0.3 is 24.4 Å². The van der Waals surface area contributed by atoms with Gasteiger partial charge in [0.15, 0.2) is 0 Å². The smallest absolute Gasteiger partial charge is 0.110 e. The summed E-state index contributed by atoms with van der Waals surface area (Å²) in [6, 6.07) is 0. The monoisotopic (exact) mass is 190 g/mol. The first-order valence-corrected chi connectivity index (χ1v) is 4.44. The van der Waals surface area contributed by atoms with Crippen LogP contribution in [0.4, 0.5) is 0 Å². The Balaban J connectivity index is 1.82. The zero-order chi connectivity index (χ0) is 9.26. The molecule has 0 aromatic heterocycles. The van der Waals surface area contributed by atoms with Gasteiger partial charge in [-0.3, -0.25) is 0 Å². The van der Waals surface area contributed by atoms with Crippen molar-refractivity contribution in [1.82, 2.24) is 0 Å². The van der Waals surface area contributed by atoms with E-state index >= 15 is 0 Å². The molecule has 2 rings (SSSR count). The van der Waals surface area contributed by atoms with Gasteiger partial charge in [-0.2, -0.15) is 0 Å². The SMILES string of the molecule is O[C@@H]1COC[C@@H]1O[C@@H]1COC[C@H]1O. The summed E-state index contributed by atoms with van der Waals surface area (Å²) >= 11 is 0. The van der Waals surface area contributed by atoms with E-state index in [-0.39, 0.29) is 12.2 Å². The molecule has 2 aliphatic heterocycles. The Bertz CT molecular complexity index is 156. The molecule has 0 amide bonds. The van der Waals surface area contributed by atoms with Gasteiger partial charge in [-0.25, -0.2) is 0 Å². The van der Waals surface area contributed by atoms with Crippen LogP contribution >= 0.6 is 0 Å². The van der Waals surface area contributed by atoms with Gasteiger partial charge in [0.2, 0.25) is 0 Å². The van der Waals surface area contributed by atoms with Crippen molar-refractivity contribution in [2.45, 2.75) is 24.4 Å². The Labute approximate surface area is 76.2 Å². The zero-order valence-electron chi connectivity index (χ0n) is 7.26. The van der Waals surface area contributed by atoms with E-state index < -0.39 is 12.2 Å². The van der Waals surface area contributed by atoms with Gasteiger partial charge >= 0.3 is 0 Å². The third-order valence-corrected chi connectivity index (χ3v) is 2.35. The van der Waals surface area contributed by atoms with Crippen LogP contribution < -0.4 is 0 Å². The highest BCUT2D eigenvalue weighted by Gasteiger charge is 2.34. The van der Waals surface area contributed by atoms with Gasteiger partial charge in [0, 0.05) is 0 Å². The number of hydrogen-bond donors (Lipinski definition) is 2. The molecule has 0 unspecified atom stereocenters. The molecule has 0 aromatic carbocycles. The minimum absolute atomic E-state index is 0.314. The number of ether oxygens (including phenoxy) is 3. The molecule has 2 saturated heterocycles. The number of aliphatic hydroxyl groups excluding tert-OH is 2. The molecule has 0 bridgehead atoms. The molecule has 5 nitrogen and oxygen atoms in total. The van der Waals surface area contributed by atoms with Crippen molar-refractivity contribution < 1.29 is 24.4 Å². The summed E-state index contributed by atoms with van der Waals surface area (Å²) in [6.45, 7) is 1.41. The number of rotatable bonds is 2. The summed E-state index contributed by atoms with van der Waals surface area (Å²) in [5, 5.41) is 18.7. The molecule has 0 spiro atoms. The van der Waals surface area contributed by atoms with E-state index in [9.17, 15) is 10.2 Å². The van der Waals surface area contributed by atoms with Crippen LogP contribution in [0.15, 0.2) is 0 Å². The maximum absolute atomic E-state index is 9.36. The second kappa shape index (κ2) is 3.89. The van der Waals surface area contributed by atoms with Gasteiger partial charge in [0.25, 0.3) is 0 Å². The van der Waals surface area contributed by atoms with Crippen molar-refractivity contribution in [3.63, 3.8) is 0 Å². The van der Waals surface area contributed by atoms with Crippen molar-refractivity contribution in [2.24, 2.45) is 0 Å². The Kier molecular flexibility index (Phi) is 2.80. The standard InChI is InChI=1S/C8H14O5/c9-5-1-11-3-7(5)13-8-4-12-2-6(8)10/h5-10H,1-4H2/t5-,6-,7-,8+/m1/s1. The van der Waals surface area contributed by atoms with E-state index in [1.54, 1.807) is 0 Å². The maximum atomic E-state index is 9.36. The lowest BCUT2D eigenvalue weighted by Crippen LogP contribution is -2.36. The highest BCUT2D eigenvalue weighted by atomic mass is 16.6. The molecule has 0 aromatic rings. The fourth-order valence-corrected chi connectivity index (χ4v) is 1.53. The molecule has 2 heterocycles. The van der Waals surface area contributed by atoms with E-state index in [0.29, 0.717) is 26.4 Å². The summed E-state index contributed by atoms with van der Waals surface area (Å²) in [7, 11) is 0. The van der Waals surface area contributed by atoms with Crippen molar-refractivity contribution >= 4 is 0 Å². The quantitative estimate of drug-likeness (QED) is 0.556. The molecule has 0 saturated carbocycles. The first kappa shape index (κ1) is 9.36. The lowest BCUT2D eigenvalue weighted by Gasteiger charge is -2.20. The average Bonchev–Trinajstić information content (AvgIpc) is 2.65. The average molecular weight is 190 g/mol. The number of aliphatic hydroxyl groups is 2. The van der Waals surface area contributed by atoms with Crippen LogP contribution in [-0.4, -0.2) is 61.1 Å². The van der Waals surface area contributed by atoms with E-state index in [2.05, 4.69) is 0 Å². The van der Waals surface area contributed by atoms with Crippen LogP contribution in [0.1, 0.15) is 0 Å². The third-order valence-electron chi connectivity index (χ3n) is 2.35. The van der Waals surface area contributed by atoms with Crippen molar-refractivity contribution in [3.05, 3.63) is 0 Å². The van der Waals surface area contributed by atoms with Crippen LogP contribution in [-0.2, 0) is 14.2 Å². The Morgan fingerprint density at radius 2 is 1.31 bits per heavy atom. The van der Waals surface area contributed by atoms with E-state index in [1.165, 1.54) is 0 Å². The third kappa shape index (κ3) is 2.00. The second-order valence-corrected chi connectivity index (χ2v) is 3.42.